The van der Waals surface area contributed by atoms with Gasteiger partial charge in [0.05, 0.1) is 10.9 Å². The molecule has 1 N–H and O–H groups in total. The molecule has 0 aliphatic carbocycles. The molecule has 6 nitrogen and oxygen atoms in total. The molecule has 2 rings (SSSR count). The zero-order valence-corrected chi connectivity index (χ0v) is 21.7. The van der Waals surface area contributed by atoms with Gasteiger partial charge in [0.1, 0.15) is 17.8 Å². The van der Waals surface area contributed by atoms with Gasteiger partial charge >= 0.3 is 0 Å². The van der Waals surface area contributed by atoms with Crippen molar-refractivity contribution in [3.8, 4) is 0 Å². The first-order valence-corrected chi connectivity index (χ1v) is 11.5. The molecule has 0 spiro atoms. The van der Waals surface area contributed by atoms with Crippen LogP contribution in [0.5, 0.6) is 0 Å². The number of anilines is 1. The summed E-state index contributed by atoms with van der Waals surface area (Å²) in [7, 11) is 0. The monoisotopic (exact) mass is 459 g/mol. The van der Waals surface area contributed by atoms with Crippen molar-refractivity contribution in [3.05, 3.63) is 78.4 Å². The first-order valence-electron chi connectivity index (χ1n) is 11.5. The summed E-state index contributed by atoms with van der Waals surface area (Å²) >= 11 is 0. The van der Waals surface area contributed by atoms with E-state index in [1.54, 1.807) is 13.0 Å². The van der Waals surface area contributed by atoms with Gasteiger partial charge in [0.25, 0.3) is 5.91 Å². The van der Waals surface area contributed by atoms with E-state index in [9.17, 15) is 4.79 Å². The Labute approximate surface area is 203 Å². The normalized spacial score (nSPS) is 13.7. The highest BCUT2D eigenvalue weighted by Gasteiger charge is 2.25. The standard InChI is InChI=1S/C28H37N5O/c1-11-19(5)13-14-20(6)24-23-25(29-17-30-26(23)33(32-24)28(8,9)10)31-27(34)21(7)15-16-22(12-2)18(3)4/h11-18H,2,6H2,1,3-5,7-10H3,(H,29,30,31,34)/b14-13-,19-11-,21-15+,22-16+. The molecule has 0 fully saturated rings. The molecule has 0 unspecified atom stereocenters. The summed E-state index contributed by atoms with van der Waals surface area (Å²) in [5.41, 5.74) is 4.38. The molecular formula is C28H37N5O. The van der Waals surface area contributed by atoms with Crippen LogP contribution in [0, 0.1) is 5.92 Å². The van der Waals surface area contributed by atoms with Gasteiger partial charge in [-0.05, 0) is 58.6 Å². The number of hydrogen-bond donors (Lipinski definition) is 1. The van der Waals surface area contributed by atoms with Crippen LogP contribution in [0.3, 0.4) is 0 Å². The quantitative estimate of drug-likeness (QED) is 0.349. The molecule has 6 heteroatoms. The molecule has 2 aromatic heterocycles. The number of fused-ring (bicyclic) bond motifs is 1. The molecule has 0 saturated carbocycles. The first-order chi connectivity index (χ1) is 15.9. The van der Waals surface area contributed by atoms with E-state index >= 15 is 0 Å². The number of aromatic nitrogens is 4. The minimum absolute atomic E-state index is 0.246. The molecule has 180 valence electrons. The summed E-state index contributed by atoms with van der Waals surface area (Å²) in [6.45, 7) is 24.2. The predicted molar refractivity (Wildman–Crippen MR) is 143 cm³/mol. The fraction of sp³-hybridized carbons (Fsp3) is 0.357. The number of nitrogens with zero attached hydrogens (tertiary/aromatic N) is 4. The SMILES string of the molecule is C=C/C(=C\C=C(/C)C(=O)Nc1ncnc2c1c(C(=C)/C=C\C(C)=C/C)nn2C(C)(C)C)C(C)C. The minimum Gasteiger partial charge on any atom is -0.306 e. The highest BCUT2D eigenvalue weighted by atomic mass is 16.1. The van der Waals surface area contributed by atoms with E-state index in [1.807, 2.05) is 48.9 Å². The largest absolute Gasteiger partial charge is 0.306 e. The van der Waals surface area contributed by atoms with Crippen molar-refractivity contribution in [2.75, 3.05) is 5.32 Å². The highest BCUT2D eigenvalue weighted by Crippen LogP contribution is 2.32. The maximum absolute atomic E-state index is 13.0. The number of rotatable bonds is 8. The zero-order valence-electron chi connectivity index (χ0n) is 21.7. The number of nitrogens with one attached hydrogen (secondary N) is 1. The first kappa shape index (κ1) is 26.7. The maximum Gasteiger partial charge on any atom is 0.252 e. The Morgan fingerprint density at radius 3 is 2.38 bits per heavy atom. The van der Waals surface area contributed by atoms with Crippen molar-refractivity contribution in [2.45, 2.75) is 60.9 Å². The van der Waals surface area contributed by atoms with Crippen molar-refractivity contribution in [1.82, 2.24) is 19.7 Å². The predicted octanol–water partition coefficient (Wildman–Crippen LogP) is 6.77. The van der Waals surface area contributed by atoms with Crippen molar-refractivity contribution in [1.29, 1.82) is 0 Å². The van der Waals surface area contributed by atoms with Crippen molar-refractivity contribution in [3.63, 3.8) is 0 Å². The third-order valence-corrected chi connectivity index (χ3v) is 5.43. The van der Waals surface area contributed by atoms with Gasteiger partial charge in [-0.25, -0.2) is 14.6 Å². The van der Waals surface area contributed by atoms with Crippen molar-refractivity contribution >= 4 is 28.3 Å². The molecule has 0 aromatic carbocycles. The number of allylic oxidation sites excluding steroid dienone is 9. The van der Waals surface area contributed by atoms with Gasteiger partial charge in [0.2, 0.25) is 0 Å². The Hall–Kier alpha value is -3.54. The topological polar surface area (TPSA) is 72.7 Å². The minimum atomic E-state index is -0.325. The summed E-state index contributed by atoms with van der Waals surface area (Å²) in [5.74, 6) is 0.480. The van der Waals surface area contributed by atoms with E-state index in [4.69, 9.17) is 5.10 Å². The van der Waals surface area contributed by atoms with Crippen LogP contribution in [0.25, 0.3) is 16.6 Å². The van der Waals surface area contributed by atoms with Gasteiger partial charge in [0, 0.05) is 5.57 Å². The second kappa shape index (κ2) is 11.1. The molecular weight excluding hydrogens is 422 g/mol. The van der Waals surface area contributed by atoms with E-state index in [0.717, 1.165) is 11.1 Å². The van der Waals surface area contributed by atoms with Gasteiger partial charge in [-0.1, -0.05) is 69.0 Å². The fourth-order valence-corrected chi connectivity index (χ4v) is 3.15. The molecule has 0 aliphatic heterocycles. The summed E-state index contributed by atoms with van der Waals surface area (Å²) < 4.78 is 1.85. The molecule has 34 heavy (non-hydrogen) atoms. The second-order valence-corrected chi connectivity index (χ2v) is 9.57. The Morgan fingerprint density at radius 2 is 1.82 bits per heavy atom. The number of carbonyl (C=O) groups excluding carboxylic acids is 1. The zero-order chi connectivity index (χ0) is 25.6. The molecule has 0 atom stereocenters. The highest BCUT2D eigenvalue weighted by molar-refractivity contribution is 6.08. The average Bonchev–Trinajstić information content (AvgIpc) is 3.18. The lowest BCUT2D eigenvalue weighted by molar-refractivity contribution is -0.112. The van der Waals surface area contributed by atoms with Crippen LogP contribution < -0.4 is 5.32 Å². The van der Waals surface area contributed by atoms with Gasteiger partial charge in [-0.15, -0.1) is 0 Å². The molecule has 0 saturated heterocycles. The van der Waals surface area contributed by atoms with E-state index in [-0.39, 0.29) is 11.4 Å². The van der Waals surface area contributed by atoms with Crippen LogP contribution in [0.4, 0.5) is 5.82 Å². The van der Waals surface area contributed by atoms with Gasteiger partial charge in [0.15, 0.2) is 5.65 Å². The third kappa shape index (κ3) is 6.28. The summed E-state index contributed by atoms with van der Waals surface area (Å²) in [6, 6.07) is 0. The lowest BCUT2D eigenvalue weighted by Crippen LogP contribution is -2.23. The fourth-order valence-electron chi connectivity index (χ4n) is 3.15. The van der Waals surface area contributed by atoms with Crippen molar-refractivity contribution < 1.29 is 4.79 Å². The van der Waals surface area contributed by atoms with Gasteiger partial charge < -0.3 is 5.32 Å². The van der Waals surface area contributed by atoms with Crippen LogP contribution in [-0.4, -0.2) is 25.7 Å². The Morgan fingerprint density at radius 1 is 1.15 bits per heavy atom. The van der Waals surface area contributed by atoms with Crippen molar-refractivity contribution in [2.24, 2.45) is 5.92 Å². The van der Waals surface area contributed by atoms with Gasteiger partial charge in [-0.3, -0.25) is 4.79 Å². The Kier molecular flexibility index (Phi) is 8.68. The Bertz CT molecular complexity index is 1210. The molecule has 0 aliphatic rings. The molecule has 2 aromatic rings. The molecule has 2 heterocycles. The van der Waals surface area contributed by atoms with Gasteiger partial charge in [-0.2, -0.15) is 5.10 Å². The van der Waals surface area contributed by atoms with E-state index in [2.05, 4.69) is 63.1 Å². The van der Waals surface area contributed by atoms with Crippen LogP contribution in [0.15, 0.2) is 72.7 Å². The van der Waals surface area contributed by atoms with Crippen LogP contribution in [0.2, 0.25) is 0 Å². The lowest BCUT2D eigenvalue weighted by Gasteiger charge is -2.19. The second-order valence-electron chi connectivity index (χ2n) is 9.57. The van der Waals surface area contributed by atoms with Crippen LogP contribution in [0.1, 0.15) is 61.1 Å². The number of amides is 1. The number of hydrogen-bond acceptors (Lipinski definition) is 4. The van der Waals surface area contributed by atoms with Crippen LogP contribution >= 0.6 is 0 Å². The number of carbonyl (C=O) groups is 1. The summed E-state index contributed by atoms with van der Waals surface area (Å²) in [6.07, 6.45) is 12.9. The average molecular weight is 460 g/mol. The van der Waals surface area contributed by atoms with E-state index in [0.29, 0.717) is 39.6 Å². The van der Waals surface area contributed by atoms with E-state index in [1.165, 1.54) is 6.33 Å². The molecule has 0 radical (unpaired) electrons. The molecule has 1 amide bonds. The van der Waals surface area contributed by atoms with Crippen LogP contribution in [-0.2, 0) is 10.3 Å². The smallest absolute Gasteiger partial charge is 0.252 e. The third-order valence-electron chi connectivity index (χ3n) is 5.43. The lowest BCUT2D eigenvalue weighted by atomic mass is 10.0. The molecule has 0 bridgehead atoms. The van der Waals surface area contributed by atoms with E-state index < -0.39 is 0 Å². The summed E-state index contributed by atoms with van der Waals surface area (Å²) in [5, 5.41) is 8.44. The Balaban J connectivity index is 2.58. The summed E-state index contributed by atoms with van der Waals surface area (Å²) in [4.78, 5) is 21.9. The maximum atomic E-state index is 13.0.